The van der Waals surface area contributed by atoms with Gasteiger partial charge in [-0.3, -0.25) is 0 Å². The summed E-state index contributed by atoms with van der Waals surface area (Å²) in [6.07, 6.45) is 0. The van der Waals surface area contributed by atoms with Crippen LogP contribution in [-0.4, -0.2) is 16.8 Å². The topological polar surface area (TPSA) is 94.3 Å². The van der Waals surface area contributed by atoms with E-state index in [9.17, 15) is 21.2 Å². The number of halogens is 1. The Labute approximate surface area is 157 Å². The van der Waals surface area contributed by atoms with Crippen molar-refractivity contribution in [3.8, 4) is 0 Å². The second-order valence-corrected chi connectivity index (χ2v) is 9.54. The first-order chi connectivity index (χ1) is 12.8. The van der Waals surface area contributed by atoms with Crippen LogP contribution in [0.5, 0.6) is 0 Å². The first-order valence-corrected chi connectivity index (χ1v) is 10.9. The lowest BCUT2D eigenvalue weighted by Crippen LogP contribution is -2.12. The molecule has 8 heteroatoms. The Morgan fingerprint density at radius 1 is 0.667 bits per heavy atom. The van der Waals surface area contributed by atoms with Crippen molar-refractivity contribution in [3.63, 3.8) is 0 Å². The van der Waals surface area contributed by atoms with Gasteiger partial charge in [0.05, 0.1) is 14.7 Å². The molecule has 0 heterocycles. The van der Waals surface area contributed by atoms with Gasteiger partial charge >= 0.3 is 0 Å². The quantitative estimate of drug-likeness (QED) is 0.704. The highest BCUT2D eigenvalue weighted by Crippen LogP contribution is 2.31. The van der Waals surface area contributed by atoms with Crippen molar-refractivity contribution >= 4 is 19.7 Å². The average molecular weight is 405 g/mol. The van der Waals surface area contributed by atoms with Crippen LogP contribution in [0.3, 0.4) is 0 Å². The molecule has 0 aliphatic rings. The molecule has 0 fully saturated rings. The number of hydrogen-bond acceptors (Lipinski definition) is 5. The summed E-state index contributed by atoms with van der Waals surface area (Å²) in [7, 11) is -8.52. The molecule has 2 N–H and O–H groups in total. The molecule has 0 radical (unpaired) electrons. The minimum absolute atomic E-state index is 0.0733. The molecule has 0 spiro atoms. The molecule has 3 rings (SSSR count). The van der Waals surface area contributed by atoms with Crippen LogP contribution in [0.1, 0.15) is 5.56 Å². The van der Waals surface area contributed by atoms with Crippen LogP contribution in [-0.2, 0) is 26.2 Å². The lowest BCUT2D eigenvalue weighted by atomic mass is 10.2. The molecule has 0 aromatic heterocycles. The van der Waals surface area contributed by atoms with Gasteiger partial charge in [0, 0.05) is 6.54 Å². The molecule has 27 heavy (non-hydrogen) atoms. The summed E-state index contributed by atoms with van der Waals surface area (Å²) in [5.74, 6) is -0.947. The zero-order valence-corrected chi connectivity index (χ0v) is 15.7. The highest BCUT2D eigenvalue weighted by molar-refractivity contribution is 7.94. The Bertz CT molecular complexity index is 1190. The molecule has 0 bridgehead atoms. The molecular weight excluding hydrogens is 389 g/mol. The second kappa shape index (κ2) is 7.22. The fourth-order valence-corrected chi connectivity index (χ4v) is 6.01. The maximum absolute atomic E-state index is 14.1. The van der Waals surface area contributed by atoms with Crippen LogP contribution in [0.2, 0.25) is 0 Å². The zero-order valence-electron chi connectivity index (χ0n) is 14.0. The van der Waals surface area contributed by atoms with E-state index in [1.807, 2.05) is 0 Å². The fraction of sp³-hybridized carbons (Fsp3) is 0.0526. The van der Waals surface area contributed by atoms with E-state index < -0.39 is 40.2 Å². The van der Waals surface area contributed by atoms with E-state index in [-0.39, 0.29) is 11.4 Å². The largest absolute Gasteiger partial charge is 0.326 e. The van der Waals surface area contributed by atoms with Gasteiger partial charge in [0.15, 0.2) is 0 Å². The van der Waals surface area contributed by atoms with E-state index in [0.717, 1.165) is 23.8 Å². The van der Waals surface area contributed by atoms with Crippen molar-refractivity contribution in [1.29, 1.82) is 0 Å². The summed E-state index contributed by atoms with van der Waals surface area (Å²) < 4.78 is 66.0. The van der Waals surface area contributed by atoms with E-state index in [1.54, 1.807) is 12.1 Å². The summed E-state index contributed by atoms with van der Waals surface area (Å²) in [6.45, 7) is 0.249. The SMILES string of the molecule is NCc1ccc(S(=O)(=O)c2ccccc2S(=O)(=O)c2ccccc2F)cc1. The van der Waals surface area contributed by atoms with Crippen molar-refractivity contribution in [2.24, 2.45) is 5.73 Å². The normalized spacial score (nSPS) is 12.1. The number of hydrogen-bond donors (Lipinski definition) is 1. The maximum Gasteiger partial charge on any atom is 0.210 e. The maximum atomic E-state index is 14.1. The number of benzene rings is 3. The molecule has 0 amide bonds. The molecule has 0 saturated carbocycles. The van der Waals surface area contributed by atoms with Crippen molar-refractivity contribution in [3.05, 3.63) is 84.2 Å². The monoisotopic (exact) mass is 405 g/mol. The van der Waals surface area contributed by atoms with Crippen LogP contribution < -0.4 is 5.73 Å². The Hall–Kier alpha value is -2.55. The molecule has 5 nitrogen and oxygen atoms in total. The molecule has 0 atom stereocenters. The van der Waals surface area contributed by atoms with Gasteiger partial charge in [-0.15, -0.1) is 0 Å². The fourth-order valence-electron chi connectivity index (χ4n) is 2.61. The molecule has 0 aliphatic carbocycles. The zero-order chi connectivity index (χ0) is 19.7. The number of rotatable bonds is 5. The van der Waals surface area contributed by atoms with E-state index in [1.165, 1.54) is 42.5 Å². The van der Waals surface area contributed by atoms with Crippen LogP contribution in [0.4, 0.5) is 4.39 Å². The van der Waals surface area contributed by atoms with Gasteiger partial charge in [0.25, 0.3) is 0 Å². The summed E-state index contributed by atoms with van der Waals surface area (Å²) in [5.41, 5.74) is 6.25. The highest BCUT2D eigenvalue weighted by Gasteiger charge is 2.30. The van der Waals surface area contributed by atoms with Crippen LogP contribution >= 0.6 is 0 Å². The summed E-state index contributed by atoms with van der Waals surface area (Å²) >= 11 is 0. The number of nitrogens with two attached hydrogens (primary N) is 1. The Morgan fingerprint density at radius 3 is 1.67 bits per heavy atom. The van der Waals surface area contributed by atoms with E-state index in [2.05, 4.69) is 0 Å². The second-order valence-electron chi connectivity index (χ2n) is 5.73. The highest BCUT2D eigenvalue weighted by atomic mass is 32.2. The smallest absolute Gasteiger partial charge is 0.210 e. The number of sulfone groups is 2. The van der Waals surface area contributed by atoms with Crippen molar-refractivity contribution in [2.45, 2.75) is 26.1 Å². The van der Waals surface area contributed by atoms with Crippen molar-refractivity contribution in [2.75, 3.05) is 0 Å². The molecule has 3 aromatic rings. The van der Waals surface area contributed by atoms with Gasteiger partial charge in [-0.1, -0.05) is 36.4 Å². The third kappa shape index (κ3) is 3.51. The van der Waals surface area contributed by atoms with Crippen molar-refractivity contribution in [1.82, 2.24) is 0 Å². The average Bonchev–Trinajstić information content (AvgIpc) is 2.68. The van der Waals surface area contributed by atoms with Gasteiger partial charge in [0.1, 0.15) is 10.7 Å². The Balaban J connectivity index is 2.21. The molecule has 3 aromatic carbocycles. The van der Waals surface area contributed by atoms with Gasteiger partial charge in [-0.25, -0.2) is 21.2 Å². The van der Waals surface area contributed by atoms with E-state index >= 15 is 0 Å². The van der Waals surface area contributed by atoms with Crippen molar-refractivity contribution < 1.29 is 21.2 Å². The summed E-state index contributed by atoms with van der Waals surface area (Å²) in [5, 5.41) is 0. The molecule has 0 saturated heterocycles. The minimum Gasteiger partial charge on any atom is -0.326 e. The molecular formula is C19H16FNO4S2. The van der Waals surface area contributed by atoms with E-state index in [4.69, 9.17) is 5.73 Å². The lowest BCUT2D eigenvalue weighted by molar-refractivity contribution is 0.562. The minimum atomic E-state index is -4.38. The van der Waals surface area contributed by atoms with Gasteiger partial charge < -0.3 is 5.73 Å². The van der Waals surface area contributed by atoms with Gasteiger partial charge in [0.2, 0.25) is 19.7 Å². The third-order valence-corrected chi connectivity index (χ3v) is 7.83. The van der Waals surface area contributed by atoms with E-state index in [0.29, 0.717) is 0 Å². The summed E-state index contributed by atoms with van der Waals surface area (Å²) in [6, 6.07) is 15.8. The summed E-state index contributed by atoms with van der Waals surface area (Å²) in [4.78, 5) is -1.53. The molecule has 0 unspecified atom stereocenters. The standard InChI is InChI=1S/C19H16FNO4S2/c20-16-5-1-2-6-17(16)27(24,25)19-8-4-3-7-18(19)26(22,23)15-11-9-14(13-21)10-12-15/h1-12H,13,21H2. The molecule has 140 valence electrons. The Kier molecular flexibility index (Phi) is 5.14. The Morgan fingerprint density at radius 2 is 1.15 bits per heavy atom. The van der Waals surface area contributed by atoms with Gasteiger partial charge in [-0.2, -0.15) is 0 Å². The lowest BCUT2D eigenvalue weighted by Gasteiger charge is -2.12. The first-order valence-electron chi connectivity index (χ1n) is 7.91. The first kappa shape index (κ1) is 19.2. The third-order valence-electron chi connectivity index (χ3n) is 4.02. The van der Waals surface area contributed by atoms with Crippen LogP contribution in [0.15, 0.2) is 92.4 Å². The molecule has 0 aliphatic heterocycles. The van der Waals surface area contributed by atoms with Crippen LogP contribution in [0.25, 0.3) is 0 Å². The van der Waals surface area contributed by atoms with Gasteiger partial charge in [-0.05, 0) is 42.0 Å². The predicted octanol–water partition coefficient (Wildman–Crippen LogP) is 2.95. The predicted molar refractivity (Wildman–Crippen MR) is 98.1 cm³/mol. The van der Waals surface area contributed by atoms with Crippen LogP contribution in [0, 0.1) is 5.82 Å².